The minimum atomic E-state index is -0.524. The fourth-order valence-electron chi connectivity index (χ4n) is 2.89. The smallest absolute Gasteiger partial charge is 0.259 e. The van der Waals surface area contributed by atoms with E-state index in [1.807, 2.05) is 50.2 Å². The minimum Gasteiger partial charge on any atom is -0.354 e. The van der Waals surface area contributed by atoms with E-state index in [0.29, 0.717) is 18.0 Å². The first-order chi connectivity index (χ1) is 10.5. The van der Waals surface area contributed by atoms with Crippen molar-refractivity contribution in [2.45, 2.75) is 26.8 Å². The van der Waals surface area contributed by atoms with E-state index in [4.69, 9.17) is 0 Å². The van der Waals surface area contributed by atoms with E-state index >= 15 is 0 Å². The summed E-state index contributed by atoms with van der Waals surface area (Å²) >= 11 is 0. The Morgan fingerprint density at radius 1 is 1.14 bits per heavy atom. The van der Waals surface area contributed by atoms with E-state index in [9.17, 15) is 9.59 Å². The molecule has 0 aliphatic carbocycles. The van der Waals surface area contributed by atoms with Gasteiger partial charge >= 0.3 is 0 Å². The summed E-state index contributed by atoms with van der Waals surface area (Å²) in [4.78, 5) is 26.7. The summed E-state index contributed by atoms with van der Waals surface area (Å²) in [6, 6.07) is 11.0. The molecule has 1 aliphatic rings. The highest BCUT2D eigenvalue weighted by molar-refractivity contribution is 6.26. The van der Waals surface area contributed by atoms with Crippen LogP contribution in [-0.4, -0.2) is 24.4 Å². The SMILES string of the molecule is CC(C)CNC(=O)[C@H](C)N1C(=O)c2cccc3cccc1c23. The molecule has 3 rings (SSSR count). The van der Waals surface area contributed by atoms with Gasteiger partial charge in [0.1, 0.15) is 6.04 Å². The highest BCUT2D eigenvalue weighted by Crippen LogP contribution is 2.38. The molecular formula is C18H20N2O2. The molecule has 2 amide bonds. The molecule has 0 spiro atoms. The summed E-state index contributed by atoms with van der Waals surface area (Å²) in [5.41, 5.74) is 1.50. The van der Waals surface area contributed by atoms with Crippen LogP contribution in [0, 0.1) is 5.92 Å². The number of hydrogen-bond donors (Lipinski definition) is 1. The third kappa shape index (κ3) is 2.25. The zero-order valence-corrected chi connectivity index (χ0v) is 13.1. The monoisotopic (exact) mass is 296 g/mol. The first-order valence-corrected chi connectivity index (χ1v) is 7.63. The lowest BCUT2D eigenvalue weighted by Gasteiger charge is -2.25. The molecule has 2 aromatic carbocycles. The van der Waals surface area contributed by atoms with E-state index in [1.54, 1.807) is 11.8 Å². The molecule has 4 heteroatoms. The molecule has 0 fully saturated rings. The van der Waals surface area contributed by atoms with Gasteiger partial charge in [0.2, 0.25) is 5.91 Å². The standard InChI is InChI=1S/C18H20N2O2/c1-11(2)10-19-17(21)12(3)20-15-9-5-7-13-6-4-8-14(16(13)15)18(20)22/h4-9,11-12H,10H2,1-3H3,(H,19,21)/t12-/m0/s1. The molecule has 0 radical (unpaired) electrons. The summed E-state index contributed by atoms with van der Waals surface area (Å²) in [6.07, 6.45) is 0. The van der Waals surface area contributed by atoms with Crippen LogP contribution in [0.4, 0.5) is 5.69 Å². The Morgan fingerprint density at radius 3 is 2.50 bits per heavy atom. The maximum atomic E-state index is 12.7. The Bertz CT molecular complexity index is 747. The quantitative estimate of drug-likeness (QED) is 0.943. The van der Waals surface area contributed by atoms with E-state index in [2.05, 4.69) is 5.32 Å². The van der Waals surface area contributed by atoms with Crippen LogP contribution in [0.2, 0.25) is 0 Å². The second-order valence-corrected chi connectivity index (χ2v) is 6.17. The Labute approximate surface area is 130 Å². The van der Waals surface area contributed by atoms with Gasteiger partial charge in [0.15, 0.2) is 0 Å². The van der Waals surface area contributed by atoms with Crippen molar-refractivity contribution in [2.75, 3.05) is 11.4 Å². The fraction of sp³-hybridized carbons (Fsp3) is 0.333. The number of nitrogens with zero attached hydrogens (tertiary/aromatic N) is 1. The van der Waals surface area contributed by atoms with Crippen LogP contribution in [0.3, 0.4) is 0 Å². The van der Waals surface area contributed by atoms with Gasteiger partial charge in [-0.2, -0.15) is 0 Å². The topological polar surface area (TPSA) is 49.4 Å². The third-order valence-electron chi connectivity index (χ3n) is 4.04. The molecule has 1 heterocycles. The molecule has 4 nitrogen and oxygen atoms in total. The van der Waals surface area contributed by atoms with Crippen molar-refractivity contribution in [3.8, 4) is 0 Å². The van der Waals surface area contributed by atoms with Gasteiger partial charge in [-0.15, -0.1) is 0 Å². The van der Waals surface area contributed by atoms with Crippen LogP contribution in [-0.2, 0) is 4.79 Å². The third-order valence-corrected chi connectivity index (χ3v) is 4.04. The maximum Gasteiger partial charge on any atom is 0.259 e. The molecule has 0 unspecified atom stereocenters. The van der Waals surface area contributed by atoms with Gasteiger partial charge in [-0.05, 0) is 30.4 Å². The first kappa shape index (κ1) is 14.6. The van der Waals surface area contributed by atoms with Crippen molar-refractivity contribution in [3.05, 3.63) is 42.0 Å². The lowest BCUT2D eigenvalue weighted by atomic mass is 10.1. The molecule has 1 aliphatic heterocycles. The van der Waals surface area contributed by atoms with Crippen LogP contribution in [0.1, 0.15) is 31.1 Å². The molecule has 1 atom stereocenters. The highest BCUT2D eigenvalue weighted by atomic mass is 16.2. The zero-order valence-electron chi connectivity index (χ0n) is 13.1. The van der Waals surface area contributed by atoms with E-state index < -0.39 is 6.04 Å². The van der Waals surface area contributed by atoms with Crippen LogP contribution in [0.5, 0.6) is 0 Å². The summed E-state index contributed by atoms with van der Waals surface area (Å²) < 4.78 is 0. The number of hydrogen-bond acceptors (Lipinski definition) is 2. The lowest BCUT2D eigenvalue weighted by molar-refractivity contribution is -0.122. The summed E-state index contributed by atoms with van der Waals surface area (Å²) in [6.45, 7) is 6.48. The average molecular weight is 296 g/mol. The van der Waals surface area contributed by atoms with E-state index in [1.165, 1.54) is 0 Å². The fourth-order valence-corrected chi connectivity index (χ4v) is 2.89. The Hall–Kier alpha value is -2.36. The summed E-state index contributed by atoms with van der Waals surface area (Å²) in [5, 5.41) is 4.88. The van der Waals surface area contributed by atoms with Crippen molar-refractivity contribution < 1.29 is 9.59 Å². The number of anilines is 1. The highest BCUT2D eigenvalue weighted by Gasteiger charge is 2.35. The second kappa shape index (κ2) is 5.44. The predicted molar refractivity (Wildman–Crippen MR) is 88.1 cm³/mol. The maximum absolute atomic E-state index is 12.7. The summed E-state index contributed by atoms with van der Waals surface area (Å²) in [7, 11) is 0. The van der Waals surface area contributed by atoms with E-state index in [-0.39, 0.29) is 11.8 Å². The Morgan fingerprint density at radius 2 is 1.82 bits per heavy atom. The van der Waals surface area contributed by atoms with Crippen molar-refractivity contribution in [3.63, 3.8) is 0 Å². The number of benzene rings is 2. The lowest BCUT2D eigenvalue weighted by Crippen LogP contribution is -2.47. The van der Waals surface area contributed by atoms with Gasteiger partial charge < -0.3 is 5.32 Å². The van der Waals surface area contributed by atoms with Crippen molar-refractivity contribution in [1.82, 2.24) is 5.32 Å². The molecule has 0 aromatic heterocycles. The molecule has 2 aromatic rings. The number of rotatable bonds is 4. The molecule has 114 valence electrons. The van der Waals surface area contributed by atoms with Crippen LogP contribution in [0.15, 0.2) is 36.4 Å². The minimum absolute atomic E-state index is 0.0982. The van der Waals surface area contributed by atoms with Crippen molar-refractivity contribution in [1.29, 1.82) is 0 Å². The molecule has 0 bridgehead atoms. The number of amides is 2. The Kier molecular flexibility index (Phi) is 3.61. The van der Waals surface area contributed by atoms with Crippen LogP contribution in [0.25, 0.3) is 10.8 Å². The molecule has 1 N–H and O–H groups in total. The first-order valence-electron chi connectivity index (χ1n) is 7.63. The second-order valence-electron chi connectivity index (χ2n) is 6.17. The summed E-state index contributed by atoms with van der Waals surface area (Å²) in [5.74, 6) is 0.164. The van der Waals surface area contributed by atoms with Gasteiger partial charge in [-0.1, -0.05) is 38.1 Å². The molecule has 0 saturated carbocycles. The normalized spacial score (nSPS) is 14.7. The number of nitrogens with one attached hydrogen (secondary N) is 1. The van der Waals surface area contributed by atoms with Crippen molar-refractivity contribution in [2.24, 2.45) is 5.92 Å². The average Bonchev–Trinajstić information content (AvgIpc) is 2.79. The van der Waals surface area contributed by atoms with Crippen LogP contribution < -0.4 is 10.2 Å². The molecule has 22 heavy (non-hydrogen) atoms. The van der Waals surface area contributed by atoms with Gasteiger partial charge in [0.05, 0.1) is 5.69 Å². The largest absolute Gasteiger partial charge is 0.354 e. The van der Waals surface area contributed by atoms with Gasteiger partial charge in [-0.25, -0.2) is 0 Å². The molecular weight excluding hydrogens is 276 g/mol. The molecule has 0 saturated heterocycles. The zero-order chi connectivity index (χ0) is 15.9. The van der Waals surface area contributed by atoms with Gasteiger partial charge in [-0.3, -0.25) is 14.5 Å². The number of carbonyl (C=O) groups is 2. The Balaban J connectivity index is 1.95. The number of carbonyl (C=O) groups excluding carboxylic acids is 2. The van der Waals surface area contributed by atoms with E-state index in [0.717, 1.165) is 16.5 Å². The van der Waals surface area contributed by atoms with Crippen LogP contribution >= 0.6 is 0 Å². The van der Waals surface area contributed by atoms with Gasteiger partial charge in [0.25, 0.3) is 5.91 Å². The van der Waals surface area contributed by atoms with Gasteiger partial charge in [0, 0.05) is 17.5 Å². The van der Waals surface area contributed by atoms with Crippen molar-refractivity contribution >= 4 is 28.3 Å². The predicted octanol–water partition coefficient (Wildman–Crippen LogP) is 2.96.